The van der Waals surface area contributed by atoms with Gasteiger partial charge in [-0.2, -0.15) is 0 Å². The fourth-order valence-corrected chi connectivity index (χ4v) is 3.67. The average Bonchev–Trinajstić information content (AvgIpc) is 2.98. The lowest BCUT2D eigenvalue weighted by molar-refractivity contribution is 0.478. The van der Waals surface area contributed by atoms with Crippen LogP contribution in [0.15, 0.2) is 32.9 Å². The van der Waals surface area contributed by atoms with E-state index in [1.165, 1.54) is 6.07 Å². The van der Waals surface area contributed by atoms with Gasteiger partial charge in [-0.3, -0.25) is 0 Å². The van der Waals surface area contributed by atoms with Crippen molar-refractivity contribution in [1.29, 1.82) is 0 Å². The van der Waals surface area contributed by atoms with Gasteiger partial charge in [-0.05, 0) is 24.8 Å². The summed E-state index contributed by atoms with van der Waals surface area (Å²) < 4.78 is 32.0. The molecule has 0 aromatic carbocycles. The highest BCUT2D eigenvalue weighted by Gasteiger charge is 2.20. The lowest BCUT2D eigenvalue weighted by Gasteiger charge is -2.04. The fourth-order valence-electron chi connectivity index (χ4n) is 1.73. The molecule has 0 atom stereocenters. The van der Waals surface area contributed by atoms with Gasteiger partial charge in [-0.25, -0.2) is 13.1 Å². The Hall–Kier alpha value is -1.15. The third-order valence-corrected chi connectivity index (χ3v) is 5.16. The number of sulfonamides is 1. The van der Waals surface area contributed by atoms with Gasteiger partial charge in [-0.1, -0.05) is 6.07 Å². The van der Waals surface area contributed by atoms with E-state index in [0.29, 0.717) is 24.5 Å². The van der Waals surface area contributed by atoms with Crippen LogP contribution in [-0.2, 0) is 23.0 Å². The second-order valence-electron chi connectivity index (χ2n) is 4.06. The third kappa shape index (κ3) is 3.44. The molecule has 0 amide bonds. The van der Waals surface area contributed by atoms with E-state index in [2.05, 4.69) is 4.72 Å². The average molecular weight is 300 g/mol. The first-order chi connectivity index (χ1) is 9.03. The van der Waals surface area contributed by atoms with Gasteiger partial charge in [-0.15, -0.1) is 11.3 Å². The minimum absolute atomic E-state index is 0.166. The highest BCUT2D eigenvalue weighted by Crippen LogP contribution is 2.19. The molecule has 0 spiro atoms. The van der Waals surface area contributed by atoms with Gasteiger partial charge in [0.25, 0.3) is 0 Å². The van der Waals surface area contributed by atoms with Gasteiger partial charge in [0.15, 0.2) is 0 Å². The number of furan rings is 1. The molecule has 0 saturated carbocycles. The predicted octanol–water partition coefficient (Wildman–Crippen LogP) is 1.63. The summed E-state index contributed by atoms with van der Waals surface area (Å²) in [5.41, 5.74) is 5.43. The molecule has 2 aromatic heterocycles. The summed E-state index contributed by atoms with van der Waals surface area (Å²) in [6, 6.07) is 5.40. The van der Waals surface area contributed by atoms with Crippen molar-refractivity contribution in [3.63, 3.8) is 0 Å². The summed E-state index contributed by atoms with van der Waals surface area (Å²) in [7, 11) is -3.53. The van der Waals surface area contributed by atoms with Crippen molar-refractivity contribution in [3.05, 3.63) is 40.0 Å². The number of nitrogens with two attached hydrogens (primary N) is 1. The molecule has 0 aliphatic rings. The molecule has 19 heavy (non-hydrogen) atoms. The van der Waals surface area contributed by atoms with E-state index in [1.807, 2.05) is 17.5 Å². The molecule has 104 valence electrons. The van der Waals surface area contributed by atoms with Crippen LogP contribution in [0.2, 0.25) is 0 Å². The first-order valence-corrected chi connectivity index (χ1v) is 8.20. The van der Waals surface area contributed by atoms with Gasteiger partial charge < -0.3 is 10.2 Å². The molecule has 0 fully saturated rings. The Bertz CT molecular complexity index is 630. The summed E-state index contributed by atoms with van der Waals surface area (Å²) in [6.45, 7) is 2.17. The van der Waals surface area contributed by atoms with Crippen molar-refractivity contribution in [1.82, 2.24) is 4.72 Å². The molecule has 0 unspecified atom stereocenters. The molecule has 0 saturated heterocycles. The maximum absolute atomic E-state index is 12.1. The van der Waals surface area contributed by atoms with E-state index >= 15 is 0 Å². The van der Waals surface area contributed by atoms with Crippen molar-refractivity contribution in [3.8, 4) is 0 Å². The van der Waals surface area contributed by atoms with E-state index in [9.17, 15) is 8.42 Å². The molecular weight excluding hydrogens is 284 g/mol. The van der Waals surface area contributed by atoms with Crippen molar-refractivity contribution in [2.75, 3.05) is 6.54 Å². The Kier molecular flexibility index (Phi) is 4.41. The topological polar surface area (TPSA) is 85.3 Å². The van der Waals surface area contributed by atoms with E-state index in [0.717, 1.165) is 4.88 Å². The molecule has 2 heterocycles. The zero-order valence-electron chi connectivity index (χ0n) is 10.5. The summed E-state index contributed by atoms with van der Waals surface area (Å²) in [5, 5.41) is 1.97. The van der Waals surface area contributed by atoms with E-state index in [4.69, 9.17) is 10.2 Å². The van der Waals surface area contributed by atoms with Crippen LogP contribution in [0.1, 0.15) is 16.4 Å². The Morgan fingerprint density at radius 1 is 1.47 bits per heavy atom. The number of hydrogen-bond donors (Lipinski definition) is 2. The van der Waals surface area contributed by atoms with Gasteiger partial charge in [0.1, 0.15) is 16.4 Å². The van der Waals surface area contributed by atoms with Crippen LogP contribution in [0.25, 0.3) is 0 Å². The second kappa shape index (κ2) is 5.87. The summed E-state index contributed by atoms with van der Waals surface area (Å²) >= 11 is 1.61. The van der Waals surface area contributed by atoms with Crippen molar-refractivity contribution in [2.24, 2.45) is 5.73 Å². The van der Waals surface area contributed by atoms with Gasteiger partial charge in [0, 0.05) is 17.5 Å². The smallest absolute Gasteiger partial charge is 0.244 e. The number of thiophene rings is 1. The lowest BCUT2D eigenvalue weighted by Crippen LogP contribution is -2.26. The van der Waals surface area contributed by atoms with Crippen LogP contribution in [-0.4, -0.2) is 15.0 Å². The molecule has 0 bridgehead atoms. The van der Waals surface area contributed by atoms with Crippen LogP contribution in [0, 0.1) is 6.92 Å². The first-order valence-electron chi connectivity index (χ1n) is 5.84. The van der Waals surface area contributed by atoms with E-state index in [-0.39, 0.29) is 11.4 Å². The Morgan fingerprint density at radius 3 is 2.84 bits per heavy atom. The normalized spacial score (nSPS) is 11.9. The van der Waals surface area contributed by atoms with Crippen LogP contribution in [0.3, 0.4) is 0 Å². The SMILES string of the molecule is Cc1oc(CN)cc1S(=O)(=O)NCCc1cccs1. The zero-order valence-corrected chi connectivity index (χ0v) is 12.2. The lowest BCUT2D eigenvalue weighted by atomic mass is 10.3. The molecule has 0 aliphatic heterocycles. The highest BCUT2D eigenvalue weighted by atomic mass is 32.2. The quantitative estimate of drug-likeness (QED) is 0.849. The van der Waals surface area contributed by atoms with Crippen LogP contribution < -0.4 is 10.5 Å². The van der Waals surface area contributed by atoms with E-state index in [1.54, 1.807) is 18.3 Å². The number of rotatable bonds is 6. The Labute approximate surface area is 116 Å². The summed E-state index contributed by atoms with van der Waals surface area (Å²) in [4.78, 5) is 1.31. The third-order valence-electron chi connectivity index (χ3n) is 2.66. The van der Waals surface area contributed by atoms with Crippen molar-refractivity contribution < 1.29 is 12.8 Å². The largest absolute Gasteiger partial charge is 0.464 e. The molecule has 0 radical (unpaired) electrons. The van der Waals surface area contributed by atoms with Crippen molar-refractivity contribution >= 4 is 21.4 Å². The Balaban J connectivity index is 2.03. The molecule has 2 rings (SSSR count). The molecule has 7 heteroatoms. The summed E-state index contributed by atoms with van der Waals surface area (Å²) in [5.74, 6) is 0.834. The molecular formula is C12H16N2O3S2. The minimum Gasteiger partial charge on any atom is -0.464 e. The fraction of sp³-hybridized carbons (Fsp3) is 0.333. The van der Waals surface area contributed by atoms with Gasteiger partial charge in [0.05, 0.1) is 6.54 Å². The number of nitrogens with one attached hydrogen (secondary N) is 1. The highest BCUT2D eigenvalue weighted by molar-refractivity contribution is 7.89. The molecule has 3 N–H and O–H groups in total. The maximum Gasteiger partial charge on any atom is 0.244 e. The maximum atomic E-state index is 12.1. The molecule has 2 aromatic rings. The van der Waals surface area contributed by atoms with Gasteiger partial charge in [0.2, 0.25) is 10.0 Å². The molecule has 0 aliphatic carbocycles. The Morgan fingerprint density at radius 2 is 2.26 bits per heavy atom. The number of hydrogen-bond acceptors (Lipinski definition) is 5. The number of aryl methyl sites for hydroxylation is 1. The van der Waals surface area contributed by atoms with Crippen LogP contribution in [0.4, 0.5) is 0 Å². The predicted molar refractivity (Wildman–Crippen MR) is 74.5 cm³/mol. The standard InChI is InChI=1S/C12H16N2O3S2/c1-9-12(7-10(8-13)17-9)19(15,16)14-5-4-11-3-2-6-18-11/h2-3,6-7,14H,4-5,8,13H2,1H3. The second-order valence-corrected chi connectivity index (χ2v) is 6.83. The summed E-state index contributed by atoms with van der Waals surface area (Å²) in [6.07, 6.45) is 0.678. The van der Waals surface area contributed by atoms with E-state index < -0.39 is 10.0 Å². The van der Waals surface area contributed by atoms with Crippen LogP contribution >= 0.6 is 11.3 Å². The minimum atomic E-state index is -3.53. The zero-order chi connectivity index (χ0) is 13.9. The monoisotopic (exact) mass is 300 g/mol. The first kappa shape index (κ1) is 14.3. The molecule has 5 nitrogen and oxygen atoms in total. The van der Waals surface area contributed by atoms with Gasteiger partial charge >= 0.3 is 0 Å². The van der Waals surface area contributed by atoms with Crippen LogP contribution in [0.5, 0.6) is 0 Å². The van der Waals surface area contributed by atoms with Crippen molar-refractivity contribution in [2.45, 2.75) is 24.8 Å².